The van der Waals surface area contributed by atoms with Gasteiger partial charge in [0.2, 0.25) is 0 Å². The summed E-state index contributed by atoms with van der Waals surface area (Å²) in [6.07, 6.45) is -4.87. The molecule has 0 N–H and O–H groups in total. The van der Waals surface area contributed by atoms with Crippen molar-refractivity contribution in [2.75, 3.05) is 13.2 Å². The molecule has 14 heteroatoms. The molecule has 0 fully saturated rings. The van der Waals surface area contributed by atoms with Crippen LogP contribution >= 0.6 is 0 Å². The number of nitrogens with zero attached hydrogens (tertiary/aromatic N) is 1. The van der Waals surface area contributed by atoms with E-state index in [-0.39, 0.29) is 0 Å². The van der Waals surface area contributed by atoms with Crippen LogP contribution in [-0.4, -0.2) is 50.7 Å². The lowest BCUT2D eigenvalue weighted by molar-refractivity contribution is -0.167. The molecule has 0 aliphatic carbocycles. The highest BCUT2D eigenvalue weighted by molar-refractivity contribution is 7.88. The van der Waals surface area contributed by atoms with E-state index in [1.54, 1.807) is 20.8 Å². The molecule has 0 saturated carbocycles. The number of esters is 2. The zero-order chi connectivity index (χ0) is 24.8. The number of carbonyl (C=O) groups is 2. The molecule has 0 spiro atoms. The smallest absolute Gasteiger partial charge is 0.462 e. The van der Waals surface area contributed by atoms with Crippen LogP contribution in [0.2, 0.25) is 0 Å². The van der Waals surface area contributed by atoms with E-state index >= 15 is 0 Å². The van der Waals surface area contributed by atoms with Gasteiger partial charge >= 0.3 is 33.5 Å². The molecule has 0 heterocycles. The van der Waals surface area contributed by atoms with Crippen molar-refractivity contribution in [3.63, 3.8) is 0 Å². The molecule has 1 aromatic carbocycles. The Morgan fingerprint density at radius 1 is 0.938 bits per heavy atom. The van der Waals surface area contributed by atoms with Crippen LogP contribution in [-0.2, 0) is 33.5 Å². The topological polar surface area (TPSA) is 108 Å². The number of ether oxygens (including phenoxy) is 2. The lowest BCUT2D eigenvalue weighted by atomic mass is 9.91. The van der Waals surface area contributed by atoms with Gasteiger partial charge in [0.15, 0.2) is 5.71 Å². The van der Waals surface area contributed by atoms with Crippen molar-refractivity contribution in [1.29, 1.82) is 0 Å². The lowest BCUT2D eigenvalue weighted by Gasteiger charge is -2.20. The largest absolute Gasteiger partial charge is 0.478 e. The van der Waals surface area contributed by atoms with Crippen LogP contribution in [0.15, 0.2) is 35.5 Å². The predicted octanol–water partition coefficient (Wildman–Crippen LogP) is 3.41. The van der Waals surface area contributed by atoms with Gasteiger partial charge in [0.25, 0.3) is 0 Å². The predicted molar refractivity (Wildman–Crippen MR) is 100.0 cm³/mol. The summed E-state index contributed by atoms with van der Waals surface area (Å²) in [4.78, 5) is 23.2. The third-order valence-corrected chi connectivity index (χ3v) is 5.15. The van der Waals surface area contributed by atoms with Crippen LogP contribution in [0.1, 0.15) is 32.8 Å². The molecule has 0 saturated heterocycles. The number of carbonyl (C=O) groups excluding carboxylic acids is 2. The first-order valence-electron chi connectivity index (χ1n) is 8.92. The molecule has 0 atom stereocenters. The van der Waals surface area contributed by atoms with Gasteiger partial charge in [-0.15, -0.1) is 0 Å². The first-order valence-corrected chi connectivity index (χ1v) is 10.3. The highest BCUT2D eigenvalue weighted by Crippen LogP contribution is 2.28. The summed E-state index contributed by atoms with van der Waals surface area (Å²) in [5.74, 6) is -3.36. The lowest BCUT2D eigenvalue weighted by Crippen LogP contribution is -2.40. The summed E-state index contributed by atoms with van der Waals surface area (Å²) in [5.41, 5.74) is -3.48. The van der Waals surface area contributed by atoms with Crippen molar-refractivity contribution in [2.45, 2.75) is 38.6 Å². The number of oxime groups is 1. The van der Waals surface area contributed by atoms with Crippen molar-refractivity contribution >= 4 is 27.8 Å². The van der Waals surface area contributed by atoms with Crippen molar-refractivity contribution in [3.8, 4) is 0 Å². The van der Waals surface area contributed by atoms with Gasteiger partial charge < -0.3 is 9.47 Å². The molecule has 1 rings (SSSR count). The van der Waals surface area contributed by atoms with Crippen molar-refractivity contribution < 1.29 is 53.7 Å². The van der Waals surface area contributed by atoms with Gasteiger partial charge in [0.1, 0.15) is 13.2 Å². The van der Waals surface area contributed by atoms with Crippen molar-refractivity contribution in [3.05, 3.63) is 35.9 Å². The number of rotatable bonds is 10. The standard InChI is InChI=1S/C18H20F5NO7S/c1-4-16(2,3)14(25)29-10-11-30-15(26)18(22,23)32(27,28)31-24-13(17(19,20)21)12-8-6-5-7-9-12/h5-9H,4,10-11H2,1-3H3/b24-13-. The van der Waals surface area contributed by atoms with Gasteiger partial charge in [0, 0.05) is 5.56 Å². The molecule has 0 bridgehead atoms. The maximum absolute atomic E-state index is 13.9. The van der Waals surface area contributed by atoms with Gasteiger partial charge in [-0.1, -0.05) is 42.4 Å². The van der Waals surface area contributed by atoms with E-state index in [1.807, 2.05) is 0 Å². The Hall–Kier alpha value is -2.77. The maximum Gasteiger partial charge on any atom is 0.478 e. The quantitative estimate of drug-likeness (QED) is 0.163. The van der Waals surface area contributed by atoms with Crippen LogP contribution in [0.4, 0.5) is 22.0 Å². The van der Waals surface area contributed by atoms with Crippen molar-refractivity contribution in [2.24, 2.45) is 10.6 Å². The Bertz CT molecular complexity index is 944. The average molecular weight is 489 g/mol. The Morgan fingerprint density at radius 2 is 1.44 bits per heavy atom. The minimum absolute atomic E-state index is 0.392. The van der Waals surface area contributed by atoms with E-state index in [2.05, 4.69) is 14.2 Å². The fourth-order valence-corrected chi connectivity index (χ4v) is 2.32. The summed E-state index contributed by atoms with van der Waals surface area (Å²) in [6.45, 7) is 3.19. The minimum atomic E-state index is -6.31. The van der Waals surface area contributed by atoms with E-state index in [4.69, 9.17) is 4.74 Å². The second kappa shape index (κ2) is 10.2. The van der Waals surface area contributed by atoms with Gasteiger partial charge in [-0.2, -0.15) is 30.4 Å². The normalized spacial score (nSPS) is 13.4. The highest BCUT2D eigenvalue weighted by atomic mass is 32.2. The molecule has 0 aliphatic heterocycles. The van der Waals surface area contributed by atoms with Crippen LogP contribution in [0, 0.1) is 5.41 Å². The molecule has 1 aromatic rings. The van der Waals surface area contributed by atoms with Gasteiger partial charge in [-0.3, -0.25) is 9.08 Å². The molecule has 0 aliphatic rings. The summed E-state index contributed by atoms with van der Waals surface area (Å²) in [6, 6.07) is 5.43. The fourth-order valence-electron chi connectivity index (χ4n) is 1.79. The zero-order valence-corrected chi connectivity index (χ0v) is 17.9. The monoisotopic (exact) mass is 489 g/mol. The molecule has 0 amide bonds. The van der Waals surface area contributed by atoms with Gasteiger partial charge in [-0.05, 0) is 20.3 Å². The second-order valence-electron chi connectivity index (χ2n) is 6.86. The molecule has 0 unspecified atom stereocenters. The second-order valence-corrected chi connectivity index (χ2v) is 8.43. The van der Waals surface area contributed by atoms with E-state index < -0.39 is 63.4 Å². The molecular weight excluding hydrogens is 469 g/mol. The summed E-state index contributed by atoms with van der Waals surface area (Å²) in [7, 11) is -6.31. The molecule has 0 radical (unpaired) electrons. The maximum atomic E-state index is 13.9. The minimum Gasteiger partial charge on any atom is -0.462 e. The Balaban J connectivity index is 2.87. The summed E-state index contributed by atoms with van der Waals surface area (Å²) < 4.78 is 103. The van der Waals surface area contributed by atoms with E-state index in [9.17, 15) is 40.0 Å². The summed E-state index contributed by atoms with van der Waals surface area (Å²) in [5, 5.41) is -3.10. The number of alkyl halides is 5. The summed E-state index contributed by atoms with van der Waals surface area (Å²) >= 11 is 0. The fraction of sp³-hybridized carbons (Fsp3) is 0.500. The van der Waals surface area contributed by atoms with Crippen LogP contribution < -0.4 is 0 Å². The highest BCUT2D eigenvalue weighted by Gasteiger charge is 2.57. The Kier molecular flexibility index (Phi) is 8.72. The van der Waals surface area contributed by atoms with Crippen LogP contribution in [0.3, 0.4) is 0 Å². The van der Waals surface area contributed by atoms with Crippen LogP contribution in [0.5, 0.6) is 0 Å². The molecule has 8 nitrogen and oxygen atoms in total. The SMILES string of the molecule is CCC(C)(C)C(=O)OCCOC(=O)C(F)(F)S(=O)(=O)O/N=C(/c1ccccc1)C(F)(F)F. The van der Waals surface area contributed by atoms with Crippen LogP contribution in [0.25, 0.3) is 0 Å². The molecular formula is C18H20F5NO7S. The van der Waals surface area contributed by atoms with Crippen molar-refractivity contribution in [1.82, 2.24) is 0 Å². The van der Waals surface area contributed by atoms with Gasteiger partial charge in [0.05, 0.1) is 5.41 Å². The number of hydrogen-bond donors (Lipinski definition) is 0. The molecule has 180 valence electrons. The molecule has 0 aromatic heterocycles. The van der Waals surface area contributed by atoms with E-state index in [1.165, 1.54) is 6.07 Å². The first-order chi connectivity index (χ1) is 14.6. The van der Waals surface area contributed by atoms with E-state index in [0.29, 0.717) is 6.42 Å². The average Bonchev–Trinajstić information content (AvgIpc) is 2.70. The Morgan fingerprint density at radius 3 is 1.91 bits per heavy atom. The number of hydrogen-bond acceptors (Lipinski definition) is 8. The van der Waals surface area contributed by atoms with E-state index in [0.717, 1.165) is 24.3 Å². The zero-order valence-electron chi connectivity index (χ0n) is 17.1. The third-order valence-electron chi connectivity index (χ3n) is 4.08. The number of halogens is 5. The van der Waals surface area contributed by atoms with Gasteiger partial charge in [-0.25, -0.2) is 4.79 Å². The first kappa shape index (κ1) is 27.3. The third kappa shape index (κ3) is 6.87. The number of benzene rings is 1. The Labute approximate surface area is 180 Å². The molecule has 32 heavy (non-hydrogen) atoms.